The van der Waals surface area contributed by atoms with Gasteiger partial charge in [-0.05, 0) is 31.5 Å². The molecule has 25 heavy (non-hydrogen) atoms. The second-order valence-corrected chi connectivity index (χ2v) is 7.78. The monoisotopic (exact) mass is 355 g/mol. The first-order chi connectivity index (χ1) is 12.2. The van der Waals surface area contributed by atoms with Crippen molar-refractivity contribution in [1.29, 1.82) is 5.26 Å². The fraction of sp³-hybridized carbons (Fsp3) is 0.500. The average Bonchev–Trinajstić information content (AvgIpc) is 3.26. The number of pyridine rings is 1. The zero-order valence-electron chi connectivity index (χ0n) is 14.0. The van der Waals surface area contributed by atoms with Crippen LogP contribution in [0.2, 0.25) is 0 Å². The Morgan fingerprint density at radius 3 is 3.28 bits per heavy atom. The number of piperidine rings is 1. The van der Waals surface area contributed by atoms with E-state index in [1.165, 1.54) is 5.01 Å². The third-order valence-electron chi connectivity index (χ3n) is 4.89. The maximum Gasteiger partial charge on any atom is 0.142 e. The van der Waals surface area contributed by atoms with Gasteiger partial charge in [-0.15, -0.1) is 11.3 Å². The summed E-state index contributed by atoms with van der Waals surface area (Å²) in [6.45, 7) is 3.65. The number of hydrogen-bond acceptors (Lipinski definition) is 7. The van der Waals surface area contributed by atoms with Gasteiger partial charge in [0.25, 0.3) is 0 Å². The molecule has 7 heteroatoms. The van der Waals surface area contributed by atoms with Crippen LogP contribution in [0, 0.1) is 11.3 Å². The number of nitrogens with one attached hydrogen (secondary N) is 1. The maximum absolute atomic E-state index is 8.98. The standard InChI is InChI=1S/C18H21N5OS/c19-10-14-3-1-4-16(21-14)22-15-9-18(24-12-15)5-2-7-23(13-18)11-17-20-6-8-25-17/h1,3-4,6,8,15H,2,5,7,9,11-13H2,(H,21,22). The van der Waals surface area contributed by atoms with Gasteiger partial charge in [0.15, 0.2) is 0 Å². The summed E-state index contributed by atoms with van der Waals surface area (Å²) in [6, 6.07) is 7.80. The number of nitriles is 1. The van der Waals surface area contributed by atoms with Crippen molar-refractivity contribution in [1.82, 2.24) is 14.9 Å². The van der Waals surface area contributed by atoms with E-state index in [9.17, 15) is 0 Å². The van der Waals surface area contributed by atoms with E-state index in [4.69, 9.17) is 10.00 Å². The molecule has 1 N–H and O–H groups in total. The zero-order valence-corrected chi connectivity index (χ0v) is 14.8. The Hall–Kier alpha value is -2.01. The first kappa shape index (κ1) is 16.5. The topological polar surface area (TPSA) is 74.1 Å². The van der Waals surface area contributed by atoms with E-state index in [1.807, 2.05) is 23.7 Å². The highest BCUT2D eigenvalue weighted by Crippen LogP contribution is 2.36. The molecule has 4 rings (SSSR count). The number of aromatic nitrogens is 2. The van der Waals surface area contributed by atoms with Gasteiger partial charge < -0.3 is 10.1 Å². The fourth-order valence-corrected chi connectivity index (χ4v) is 4.51. The van der Waals surface area contributed by atoms with E-state index in [2.05, 4.69) is 26.3 Å². The predicted molar refractivity (Wildman–Crippen MR) is 96.3 cm³/mol. The average molecular weight is 355 g/mol. The molecule has 2 aliphatic heterocycles. The molecule has 0 amide bonds. The van der Waals surface area contributed by atoms with Crippen molar-refractivity contribution in [3.05, 3.63) is 40.5 Å². The van der Waals surface area contributed by atoms with Crippen LogP contribution >= 0.6 is 11.3 Å². The number of hydrogen-bond donors (Lipinski definition) is 1. The van der Waals surface area contributed by atoms with Crippen LogP contribution in [0.3, 0.4) is 0 Å². The Bertz CT molecular complexity index is 759. The minimum absolute atomic E-state index is 0.0694. The third kappa shape index (κ3) is 3.82. The van der Waals surface area contributed by atoms with Crippen molar-refractivity contribution in [3.63, 3.8) is 0 Å². The van der Waals surface area contributed by atoms with Gasteiger partial charge in [-0.3, -0.25) is 4.90 Å². The minimum atomic E-state index is -0.0694. The van der Waals surface area contributed by atoms with Gasteiger partial charge >= 0.3 is 0 Å². The molecule has 2 aromatic heterocycles. The Kier molecular flexibility index (Phi) is 4.66. The van der Waals surface area contributed by atoms with Crippen molar-refractivity contribution in [2.75, 3.05) is 25.0 Å². The maximum atomic E-state index is 8.98. The van der Waals surface area contributed by atoms with Crippen LogP contribution < -0.4 is 5.32 Å². The molecule has 2 saturated heterocycles. The normalized spacial score (nSPS) is 26.6. The Labute approximate surface area is 151 Å². The number of thiazole rings is 1. The molecule has 2 aromatic rings. The molecule has 2 aliphatic rings. The largest absolute Gasteiger partial charge is 0.371 e. The van der Waals surface area contributed by atoms with Gasteiger partial charge in [-0.1, -0.05) is 6.07 Å². The van der Waals surface area contributed by atoms with E-state index >= 15 is 0 Å². The smallest absolute Gasteiger partial charge is 0.142 e. The Balaban J connectivity index is 1.38. The molecule has 0 saturated carbocycles. The van der Waals surface area contributed by atoms with Gasteiger partial charge in [0.2, 0.25) is 0 Å². The lowest BCUT2D eigenvalue weighted by Crippen LogP contribution is -2.47. The highest BCUT2D eigenvalue weighted by Gasteiger charge is 2.43. The van der Waals surface area contributed by atoms with Crippen molar-refractivity contribution >= 4 is 17.2 Å². The molecule has 1 spiro atoms. The SMILES string of the molecule is N#Cc1cccc(NC2COC3(CCCN(Cc4nccs4)C3)C2)n1. The number of rotatable bonds is 4. The van der Waals surface area contributed by atoms with Crippen LogP contribution in [0.15, 0.2) is 29.8 Å². The van der Waals surface area contributed by atoms with Gasteiger partial charge in [0.1, 0.15) is 22.6 Å². The fourth-order valence-electron chi connectivity index (χ4n) is 3.86. The summed E-state index contributed by atoms with van der Waals surface area (Å²) in [4.78, 5) is 11.2. The molecule has 130 valence electrons. The second-order valence-electron chi connectivity index (χ2n) is 6.80. The molecular formula is C18H21N5OS. The van der Waals surface area contributed by atoms with Crippen molar-refractivity contribution in [3.8, 4) is 6.07 Å². The summed E-state index contributed by atoms with van der Waals surface area (Å²) >= 11 is 1.71. The van der Waals surface area contributed by atoms with E-state index in [0.717, 1.165) is 44.7 Å². The number of likely N-dealkylation sites (tertiary alicyclic amines) is 1. The van der Waals surface area contributed by atoms with Crippen LogP contribution in [0.1, 0.15) is 30.0 Å². The van der Waals surface area contributed by atoms with E-state index in [0.29, 0.717) is 12.3 Å². The molecule has 0 aromatic carbocycles. The summed E-state index contributed by atoms with van der Waals surface area (Å²) in [5.41, 5.74) is 0.367. The van der Waals surface area contributed by atoms with Gasteiger partial charge in [-0.2, -0.15) is 5.26 Å². The van der Waals surface area contributed by atoms with Gasteiger partial charge in [-0.25, -0.2) is 9.97 Å². The van der Waals surface area contributed by atoms with Crippen LogP contribution in [0.5, 0.6) is 0 Å². The second kappa shape index (κ2) is 7.08. The lowest BCUT2D eigenvalue weighted by molar-refractivity contribution is -0.0533. The lowest BCUT2D eigenvalue weighted by Gasteiger charge is -2.39. The molecular weight excluding hydrogens is 334 g/mol. The number of nitrogens with zero attached hydrogens (tertiary/aromatic N) is 4. The molecule has 2 fully saturated rings. The van der Waals surface area contributed by atoms with Crippen LogP contribution in [0.4, 0.5) is 5.82 Å². The predicted octanol–water partition coefficient (Wildman–Crippen LogP) is 2.65. The third-order valence-corrected chi connectivity index (χ3v) is 5.65. The highest BCUT2D eigenvalue weighted by molar-refractivity contribution is 7.09. The van der Waals surface area contributed by atoms with Crippen LogP contribution in [0.25, 0.3) is 0 Å². The number of ether oxygens (including phenoxy) is 1. The van der Waals surface area contributed by atoms with E-state index < -0.39 is 0 Å². The summed E-state index contributed by atoms with van der Waals surface area (Å²) in [5.74, 6) is 0.750. The van der Waals surface area contributed by atoms with E-state index in [1.54, 1.807) is 17.4 Å². The quantitative estimate of drug-likeness (QED) is 0.909. The molecule has 2 unspecified atom stereocenters. The van der Waals surface area contributed by atoms with Crippen LogP contribution in [-0.2, 0) is 11.3 Å². The minimum Gasteiger partial charge on any atom is -0.371 e. The Morgan fingerprint density at radius 1 is 1.48 bits per heavy atom. The van der Waals surface area contributed by atoms with Gasteiger partial charge in [0, 0.05) is 24.5 Å². The molecule has 0 aliphatic carbocycles. The van der Waals surface area contributed by atoms with E-state index in [-0.39, 0.29) is 11.6 Å². The molecule has 4 heterocycles. The van der Waals surface area contributed by atoms with Crippen molar-refractivity contribution in [2.24, 2.45) is 0 Å². The van der Waals surface area contributed by atoms with Crippen LogP contribution in [-0.4, -0.2) is 46.2 Å². The lowest BCUT2D eigenvalue weighted by atomic mass is 9.88. The highest BCUT2D eigenvalue weighted by atomic mass is 32.1. The molecule has 2 atom stereocenters. The molecule has 6 nitrogen and oxygen atoms in total. The van der Waals surface area contributed by atoms with Crippen molar-refractivity contribution < 1.29 is 4.74 Å². The number of anilines is 1. The summed E-state index contributed by atoms with van der Waals surface area (Å²) in [7, 11) is 0. The summed E-state index contributed by atoms with van der Waals surface area (Å²) in [5, 5.41) is 15.6. The zero-order chi connectivity index (χ0) is 17.1. The Morgan fingerprint density at radius 2 is 2.44 bits per heavy atom. The summed E-state index contributed by atoms with van der Waals surface area (Å²) < 4.78 is 6.26. The first-order valence-corrected chi connectivity index (χ1v) is 9.51. The van der Waals surface area contributed by atoms with Crippen molar-refractivity contribution in [2.45, 2.75) is 37.5 Å². The molecule has 0 bridgehead atoms. The summed E-state index contributed by atoms with van der Waals surface area (Å²) in [6.07, 6.45) is 5.10. The molecule has 0 radical (unpaired) electrons. The first-order valence-electron chi connectivity index (χ1n) is 8.63. The van der Waals surface area contributed by atoms with Gasteiger partial charge in [0.05, 0.1) is 24.8 Å².